The number of halogens is 1. The largest absolute Gasteiger partial charge is 0.437 e. The van der Waals surface area contributed by atoms with Crippen molar-refractivity contribution in [3.8, 4) is 22.9 Å². The number of ether oxygens (including phenoxy) is 1. The molecule has 1 amide bonds. The van der Waals surface area contributed by atoms with E-state index in [-0.39, 0.29) is 18.4 Å². The Morgan fingerprint density at radius 3 is 2.79 bits per heavy atom. The number of fused-ring (bicyclic) bond motifs is 1. The van der Waals surface area contributed by atoms with Gasteiger partial charge in [0.05, 0.1) is 17.2 Å². The van der Waals surface area contributed by atoms with Gasteiger partial charge in [-0.3, -0.25) is 4.79 Å². The molecule has 3 heterocycles. The van der Waals surface area contributed by atoms with Gasteiger partial charge in [0.2, 0.25) is 17.7 Å². The lowest BCUT2D eigenvalue weighted by molar-refractivity contribution is -0.117. The number of hydrogen-bond donors (Lipinski definition) is 3. The monoisotopic (exact) mass is 512 g/mol. The summed E-state index contributed by atoms with van der Waals surface area (Å²) in [6.45, 7) is 3.88. The van der Waals surface area contributed by atoms with Crippen LogP contribution in [-0.2, 0) is 4.79 Å². The summed E-state index contributed by atoms with van der Waals surface area (Å²) in [5, 5.41) is 11.3. The summed E-state index contributed by atoms with van der Waals surface area (Å²) < 4.78 is 19.9. The molecule has 9 heteroatoms. The number of alkyl halides is 1. The molecule has 0 unspecified atom stereocenters. The van der Waals surface area contributed by atoms with Gasteiger partial charge in [0.25, 0.3) is 0 Å². The third kappa shape index (κ3) is 5.02. The average molecular weight is 513 g/mol. The number of piperidine rings is 1. The number of carbonyl (C=O) groups excluding carboxylic acids is 1. The Hall–Kier alpha value is -4.11. The number of rotatable bonds is 7. The maximum Gasteiger partial charge on any atom is 0.230 e. The van der Waals surface area contributed by atoms with Crippen molar-refractivity contribution in [2.75, 3.05) is 23.7 Å². The lowest BCUT2D eigenvalue weighted by Crippen LogP contribution is -2.38. The van der Waals surface area contributed by atoms with Crippen LogP contribution >= 0.6 is 0 Å². The summed E-state index contributed by atoms with van der Waals surface area (Å²) in [6, 6.07) is 15.4. The molecule has 0 radical (unpaired) electrons. The summed E-state index contributed by atoms with van der Waals surface area (Å²) in [6.07, 6.45) is 4.83. The summed E-state index contributed by atoms with van der Waals surface area (Å²) >= 11 is 0. The number of nitrogens with zero attached hydrogens (tertiary/aromatic N) is 3. The van der Waals surface area contributed by atoms with Crippen molar-refractivity contribution >= 4 is 28.3 Å². The van der Waals surface area contributed by atoms with Crippen molar-refractivity contribution in [1.82, 2.24) is 20.3 Å². The molecular formula is C29H29FN6O2. The molecule has 3 N–H and O–H groups in total. The molecule has 1 aliphatic carbocycles. The maximum absolute atomic E-state index is 13.4. The van der Waals surface area contributed by atoms with Crippen LogP contribution in [0.1, 0.15) is 24.8 Å². The van der Waals surface area contributed by atoms with Gasteiger partial charge in [0.15, 0.2) is 0 Å². The second-order valence-electron chi connectivity index (χ2n) is 9.87. The van der Waals surface area contributed by atoms with Gasteiger partial charge in [-0.2, -0.15) is 0 Å². The molecule has 0 bridgehead atoms. The third-order valence-electron chi connectivity index (χ3n) is 7.05. The topological polar surface area (TPSA) is 101 Å². The first-order chi connectivity index (χ1) is 18.6. The predicted octanol–water partition coefficient (Wildman–Crippen LogP) is 5.25. The number of aromatic nitrogens is 3. The van der Waals surface area contributed by atoms with Crippen molar-refractivity contribution in [2.45, 2.75) is 38.4 Å². The number of nitrogens with one attached hydrogen (secondary N) is 3. The molecule has 8 nitrogen and oxygen atoms in total. The Labute approximate surface area is 220 Å². The van der Waals surface area contributed by atoms with E-state index in [1.165, 1.54) is 0 Å². The zero-order valence-corrected chi connectivity index (χ0v) is 21.1. The standard InChI is InChI=1S/C29H29FN6O2/c1-17-9-10-19-20(6-2-8-24(19)35-27(37)22-15-23(22)30)26(17)38-28-21(7-4-13-32-28)25-11-14-33-29(36-25)34-18-5-3-12-31-16-18/h2,4,6-11,13-14,18,22-23,31H,3,5,12,15-16H2,1H3,(H,35,37)(H,33,34,36)/t18-,22-,23+/m0/s1. The highest BCUT2D eigenvalue weighted by molar-refractivity contribution is 6.05. The second-order valence-corrected chi connectivity index (χ2v) is 9.87. The third-order valence-corrected chi connectivity index (χ3v) is 7.05. The molecule has 2 aromatic carbocycles. The zero-order valence-electron chi connectivity index (χ0n) is 21.1. The molecule has 1 saturated carbocycles. The second kappa shape index (κ2) is 10.3. The fourth-order valence-electron chi connectivity index (χ4n) is 4.84. The van der Waals surface area contributed by atoms with Crippen LogP contribution in [-0.4, -0.2) is 46.2 Å². The van der Waals surface area contributed by atoms with Gasteiger partial charge in [-0.05, 0) is 62.6 Å². The molecule has 38 heavy (non-hydrogen) atoms. The smallest absolute Gasteiger partial charge is 0.230 e. The van der Waals surface area contributed by atoms with Crippen molar-refractivity contribution < 1.29 is 13.9 Å². The molecule has 4 aromatic rings. The summed E-state index contributed by atoms with van der Waals surface area (Å²) in [5.41, 5.74) is 2.98. The number of anilines is 2. The van der Waals surface area contributed by atoms with E-state index >= 15 is 0 Å². The lowest BCUT2D eigenvalue weighted by atomic mass is 10.0. The molecule has 1 saturated heterocycles. The van der Waals surface area contributed by atoms with E-state index in [0.29, 0.717) is 29.0 Å². The minimum absolute atomic E-state index is 0.282. The minimum atomic E-state index is -1.05. The van der Waals surface area contributed by atoms with Gasteiger partial charge in [-0.15, -0.1) is 0 Å². The minimum Gasteiger partial charge on any atom is -0.437 e. The van der Waals surface area contributed by atoms with Gasteiger partial charge >= 0.3 is 0 Å². The van der Waals surface area contributed by atoms with Crippen molar-refractivity contribution in [1.29, 1.82) is 0 Å². The number of pyridine rings is 1. The van der Waals surface area contributed by atoms with E-state index in [1.54, 1.807) is 12.4 Å². The molecule has 2 aliphatic rings. The average Bonchev–Trinajstić information content (AvgIpc) is 3.68. The van der Waals surface area contributed by atoms with E-state index in [9.17, 15) is 9.18 Å². The first-order valence-electron chi connectivity index (χ1n) is 13.0. The molecule has 1 aliphatic heterocycles. The normalized spacial score (nSPS) is 20.6. The summed E-state index contributed by atoms with van der Waals surface area (Å²) in [7, 11) is 0. The maximum atomic E-state index is 13.4. The molecule has 194 valence electrons. The molecule has 3 atom stereocenters. The van der Waals surface area contributed by atoms with Gasteiger partial charge in [-0.25, -0.2) is 19.3 Å². The van der Waals surface area contributed by atoms with Crippen LogP contribution in [0.25, 0.3) is 22.0 Å². The van der Waals surface area contributed by atoms with Crippen LogP contribution in [0, 0.1) is 12.8 Å². The van der Waals surface area contributed by atoms with Gasteiger partial charge in [-0.1, -0.05) is 24.3 Å². The highest BCUT2D eigenvalue weighted by Gasteiger charge is 2.43. The van der Waals surface area contributed by atoms with Crippen LogP contribution in [0.15, 0.2) is 60.9 Å². The van der Waals surface area contributed by atoms with Crippen LogP contribution in [0.5, 0.6) is 11.6 Å². The van der Waals surface area contributed by atoms with Gasteiger partial charge in [0, 0.05) is 41.4 Å². The Morgan fingerprint density at radius 2 is 1.97 bits per heavy atom. The highest BCUT2D eigenvalue weighted by Crippen LogP contribution is 2.40. The van der Waals surface area contributed by atoms with Gasteiger partial charge < -0.3 is 20.7 Å². The molecule has 2 aromatic heterocycles. The van der Waals surface area contributed by atoms with Crippen LogP contribution in [0.2, 0.25) is 0 Å². The number of aryl methyl sites for hydroxylation is 1. The fraction of sp³-hybridized carbons (Fsp3) is 0.310. The Balaban J connectivity index is 1.31. The summed E-state index contributed by atoms with van der Waals surface area (Å²) in [5.74, 6) is 0.758. The van der Waals surface area contributed by atoms with Crippen LogP contribution in [0.4, 0.5) is 16.0 Å². The Kier molecular flexibility index (Phi) is 6.59. The van der Waals surface area contributed by atoms with E-state index in [2.05, 4.69) is 25.9 Å². The van der Waals surface area contributed by atoms with E-state index in [4.69, 9.17) is 9.72 Å². The highest BCUT2D eigenvalue weighted by atomic mass is 19.1. The number of benzene rings is 2. The first kappa shape index (κ1) is 24.2. The van der Waals surface area contributed by atoms with Crippen molar-refractivity contribution in [3.63, 3.8) is 0 Å². The lowest BCUT2D eigenvalue weighted by Gasteiger charge is -2.23. The fourth-order valence-corrected chi connectivity index (χ4v) is 4.84. The number of amides is 1. The van der Waals surface area contributed by atoms with E-state index in [0.717, 1.165) is 47.8 Å². The number of carbonyl (C=O) groups is 1. The molecule has 2 fully saturated rings. The van der Waals surface area contributed by atoms with E-state index < -0.39 is 12.1 Å². The summed E-state index contributed by atoms with van der Waals surface area (Å²) in [4.78, 5) is 26.1. The Bertz CT molecular complexity index is 1490. The zero-order chi connectivity index (χ0) is 26.1. The SMILES string of the molecule is Cc1ccc2c(NC(=O)[C@H]3C[C@H]3F)cccc2c1Oc1ncccc1-c1ccnc(N[C@H]2CCCNC2)n1. The molecule has 6 rings (SSSR count). The van der Waals surface area contributed by atoms with Gasteiger partial charge in [0.1, 0.15) is 11.9 Å². The molecule has 0 spiro atoms. The number of hydrogen-bond acceptors (Lipinski definition) is 7. The predicted molar refractivity (Wildman–Crippen MR) is 145 cm³/mol. The first-order valence-corrected chi connectivity index (χ1v) is 13.0. The van der Waals surface area contributed by atoms with Crippen molar-refractivity contribution in [3.05, 3.63) is 66.5 Å². The van der Waals surface area contributed by atoms with Crippen LogP contribution < -0.4 is 20.7 Å². The van der Waals surface area contributed by atoms with Crippen LogP contribution in [0.3, 0.4) is 0 Å². The quantitative estimate of drug-likeness (QED) is 0.311. The molecular weight excluding hydrogens is 483 g/mol. The van der Waals surface area contributed by atoms with Crippen molar-refractivity contribution in [2.24, 2.45) is 5.92 Å². The van der Waals surface area contributed by atoms with E-state index in [1.807, 2.05) is 55.5 Å². The Morgan fingerprint density at radius 1 is 1.08 bits per heavy atom.